The van der Waals surface area contributed by atoms with Crippen LogP contribution in [0.4, 0.5) is 5.82 Å². The van der Waals surface area contributed by atoms with Gasteiger partial charge >= 0.3 is 5.69 Å². The van der Waals surface area contributed by atoms with Gasteiger partial charge in [0.15, 0.2) is 0 Å². The summed E-state index contributed by atoms with van der Waals surface area (Å²) in [5, 5.41) is 18.7. The highest BCUT2D eigenvalue weighted by Gasteiger charge is 1.99. The summed E-state index contributed by atoms with van der Waals surface area (Å²) < 4.78 is 0. The number of aromatic hydroxyl groups is 1. The van der Waals surface area contributed by atoms with Gasteiger partial charge in [-0.1, -0.05) is 12.1 Å². The van der Waals surface area contributed by atoms with E-state index in [-0.39, 0.29) is 11.6 Å². The highest BCUT2D eigenvalue weighted by Crippen LogP contribution is 2.12. The Morgan fingerprint density at radius 3 is 2.83 bits per heavy atom. The Balaban J connectivity index is 2.15. The minimum atomic E-state index is -0.699. The van der Waals surface area contributed by atoms with E-state index < -0.39 is 11.2 Å². The van der Waals surface area contributed by atoms with E-state index >= 15 is 0 Å². The molecule has 0 aliphatic carbocycles. The molecule has 0 unspecified atom stereocenters. The molecule has 0 aliphatic rings. The topological polar surface area (TPSA) is 123 Å². The predicted octanol–water partition coefficient (Wildman–Crippen LogP) is -0.390. The Morgan fingerprint density at radius 1 is 1.33 bits per heavy atom. The van der Waals surface area contributed by atoms with E-state index in [9.17, 15) is 14.7 Å². The number of hydrogen-bond donors (Lipinski definition) is 4. The maximum absolute atomic E-state index is 11.2. The van der Waals surface area contributed by atoms with E-state index in [1.165, 1.54) is 12.3 Å². The molecule has 4 N–H and O–H groups in total. The van der Waals surface area contributed by atoms with Crippen LogP contribution in [0.15, 0.2) is 39.0 Å². The molecule has 2 rings (SSSR count). The number of para-hydroxylation sites is 1. The van der Waals surface area contributed by atoms with E-state index in [1.54, 1.807) is 18.2 Å². The Labute approximate surface area is 100 Å². The first-order valence-electron chi connectivity index (χ1n) is 4.93. The minimum absolute atomic E-state index is 0.0615. The number of hydrogen-bond acceptors (Lipinski definition) is 6. The average molecular weight is 247 g/mol. The van der Waals surface area contributed by atoms with Crippen LogP contribution in [0.2, 0.25) is 0 Å². The van der Waals surface area contributed by atoms with Crippen LogP contribution in [0.25, 0.3) is 0 Å². The van der Waals surface area contributed by atoms with Crippen molar-refractivity contribution in [3.63, 3.8) is 0 Å². The molecular weight excluding hydrogens is 238 g/mol. The van der Waals surface area contributed by atoms with Crippen LogP contribution in [0.3, 0.4) is 0 Å². The smallest absolute Gasteiger partial charge is 0.342 e. The van der Waals surface area contributed by atoms with E-state index in [1.807, 2.05) is 4.98 Å². The summed E-state index contributed by atoms with van der Waals surface area (Å²) in [5.41, 5.74) is 1.44. The Hall–Kier alpha value is -2.90. The van der Waals surface area contributed by atoms with Crippen molar-refractivity contribution in [2.24, 2.45) is 5.10 Å². The van der Waals surface area contributed by atoms with Gasteiger partial charge in [-0.2, -0.15) is 5.10 Å². The number of aromatic nitrogens is 3. The lowest BCUT2D eigenvalue weighted by molar-refractivity contribution is 0.474. The maximum Gasteiger partial charge on any atom is 0.342 e. The molecule has 0 aliphatic heterocycles. The normalized spacial score (nSPS) is 10.7. The second-order valence-electron chi connectivity index (χ2n) is 3.28. The van der Waals surface area contributed by atoms with Crippen molar-refractivity contribution in [3.8, 4) is 5.75 Å². The average Bonchev–Trinajstić information content (AvgIpc) is 2.34. The molecule has 1 aromatic heterocycles. The van der Waals surface area contributed by atoms with Gasteiger partial charge in [-0.05, 0) is 12.1 Å². The molecule has 1 heterocycles. The third-order valence-corrected chi connectivity index (χ3v) is 2.02. The molecule has 2 aromatic rings. The van der Waals surface area contributed by atoms with Gasteiger partial charge in [-0.3, -0.25) is 15.2 Å². The van der Waals surface area contributed by atoms with Crippen LogP contribution >= 0.6 is 0 Å². The summed E-state index contributed by atoms with van der Waals surface area (Å²) in [6, 6.07) is 6.55. The molecule has 0 saturated heterocycles. The molecule has 0 saturated carbocycles. The summed E-state index contributed by atoms with van der Waals surface area (Å²) in [6.07, 6.45) is 1.32. The number of phenols is 1. The fourth-order valence-corrected chi connectivity index (χ4v) is 1.18. The maximum atomic E-state index is 11.2. The first-order valence-corrected chi connectivity index (χ1v) is 4.93. The zero-order valence-electron chi connectivity index (χ0n) is 9.04. The molecule has 1 aromatic carbocycles. The van der Waals surface area contributed by atoms with Crippen molar-refractivity contribution in [1.82, 2.24) is 15.2 Å². The lowest BCUT2D eigenvalue weighted by atomic mass is 10.2. The van der Waals surface area contributed by atoms with Crippen molar-refractivity contribution in [1.29, 1.82) is 0 Å². The number of nitrogens with one attached hydrogen (secondary N) is 3. The second-order valence-corrected chi connectivity index (χ2v) is 3.28. The van der Waals surface area contributed by atoms with Crippen LogP contribution in [0.1, 0.15) is 5.56 Å². The van der Waals surface area contributed by atoms with Crippen LogP contribution in [-0.4, -0.2) is 26.5 Å². The summed E-state index contributed by atoms with van der Waals surface area (Å²) in [5.74, 6) is -0.0901. The summed E-state index contributed by atoms with van der Waals surface area (Å²) in [7, 11) is 0. The Morgan fingerprint density at radius 2 is 2.11 bits per heavy atom. The van der Waals surface area contributed by atoms with Gasteiger partial charge < -0.3 is 5.11 Å². The fourth-order valence-electron chi connectivity index (χ4n) is 1.18. The van der Waals surface area contributed by atoms with E-state index in [4.69, 9.17) is 0 Å². The van der Waals surface area contributed by atoms with Crippen LogP contribution in [-0.2, 0) is 0 Å². The summed E-state index contributed by atoms with van der Waals surface area (Å²) in [6.45, 7) is 0. The Kier molecular flexibility index (Phi) is 3.19. The van der Waals surface area contributed by atoms with Gasteiger partial charge in [-0.15, -0.1) is 5.10 Å². The third kappa shape index (κ3) is 2.61. The standard InChI is InChI=1S/C10H9N5O3/c16-7-4-2-1-3-6(7)5-11-13-8-9(17)12-10(18)15-14-8/h1-5,16H,(H,13,14)(H2,12,15,17,18)/b11-5+. The number of phenolic OH excluding ortho intramolecular Hbond substituents is 1. The number of benzene rings is 1. The lowest BCUT2D eigenvalue weighted by Gasteiger charge is -1.98. The number of anilines is 1. The number of nitrogens with zero attached hydrogens (tertiary/aromatic N) is 2. The minimum Gasteiger partial charge on any atom is -0.507 e. The van der Waals surface area contributed by atoms with Crippen molar-refractivity contribution < 1.29 is 5.11 Å². The molecular formula is C10H9N5O3. The van der Waals surface area contributed by atoms with Gasteiger partial charge in [0.05, 0.1) is 6.21 Å². The molecule has 18 heavy (non-hydrogen) atoms. The van der Waals surface area contributed by atoms with Crippen LogP contribution in [0.5, 0.6) is 5.75 Å². The molecule has 8 heteroatoms. The number of aromatic amines is 2. The largest absolute Gasteiger partial charge is 0.507 e. The molecule has 0 bridgehead atoms. The predicted molar refractivity (Wildman–Crippen MR) is 64.8 cm³/mol. The fraction of sp³-hybridized carbons (Fsp3) is 0. The summed E-state index contributed by atoms with van der Waals surface area (Å²) in [4.78, 5) is 23.9. The van der Waals surface area contributed by atoms with E-state index in [0.717, 1.165) is 0 Å². The molecule has 92 valence electrons. The lowest BCUT2D eigenvalue weighted by Crippen LogP contribution is -2.25. The van der Waals surface area contributed by atoms with E-state index in [2.05, 4.69) is 20.7 Å². The molecule has 0 fully saturated rings. The van der Waals surface area contributed by atoms with Crippen molar-refractivity contribution in [2.45, 2.75) is 0 Å². The zero-order chi connectivity index (χ0) is 13.0. The highest BCUT2D eigenvalue weighted by atomic mass is 16.3. The first-order chi connectivity index (χ1) is 8.66. The van der Waals surface area contributed by atoms with Crippen molar-refractivity contribution >= 4 is 12.0 Å². The third-order valence-electron chi connectivity index (χ3n) is 2.02. The molecule has 8 nitrogen and oxygen atoms in total. The molecule has 0 amide bonds. The van der Waals surface area contributed by atoms with Crippen molar-refractivity contribution in [3.05, 3.63) is 50.7 Å². The second kappa shape index (κ2) is 4.95. The van der Waals surface area contributed by atoms with Gasteiger partial charge in [-0.25, -0.2) is 9.89 Å². The highest BCUT2D eigenvalue weighted by molar-refractivity contribution is 5.83. The summed E-state index contributed by atoms with van der Waals surface area (Å²) >= 11 is 0. The Bertz CT molecular complexity index is 688. The molecule has 0 radical (unpaired) electrons. The van der Waals surface area contributed by atoms with E-state index in [0.29, 0.717) is 5.56 Å². The molecule has 0 atom stereocenters. The van der Waals surface area contributed by atoms with Crippen LogP contribution in [0, 0.1) is 0 Å². The van der Waals surface area contributed by atoms with Crippen LogP contribution < -0.4 is 16.7 Å². The van der Waals surface area contributed by atoms with Gasteiger partial charge in [0.2, 0.25) is 5.82 Å². The van der Waals surface area contributed by atoms with Gasteiger partial charge in [0.25, 0.3) is 5.56 Å². The zero-order valence-corrected chi connectivity index (χ0v) is 9.04. The van der Waals surface area contributed by atoms with Gasteiger partial charge in [0, 0.05) is 5.56 Å². The van der Waals surface area contributed by atoms with Gasteiger partial charge in [0.1, 0.15) is 5.75 Å². The monoisotopic (exact) mass is 247 g/mol. The number of rotatable bonds is 3. The number of hydrazone groups is 1. The quantitative estimate of drug-likeness (QED) is 0.434. The first kappa shape index (κ1) is 11.6. The SMILES string of the molecule is O=c1[nH]nc(N/N=C/c2ccccc2O)c(=O)[nH]1. The number of H-pyrrole nitrogens is 2. The van der Waals surface area contributed by atoms with Crippen molar-refractivity contribution in [2.75, 3.05) is 5.43 Å². The molecule has 0 spiro atoms.